The molecule has 0 unspecified atom stereocenters. The molecule has 0 amide bonds. The van der Waals surface area contributed by atoms with Gasteiger partial charge >= 0.3 is 0 Å². The van der Waals surface area contributed by atoms with Gasteiger partial charge in [-0.3, -0.25) is 4.90 Å². The van der Waals surface area contributed by atoms with Gasteiger partial charge in [-0.1, -0.05) is 0 Å². The maximum absolute atomic E-state index is 5.75. The highest BCUT2D eigenvalue weighted by atomic mass is 16.5. The number of hydrogen-bond donors (Lipinski definition) is 1. The number of nitrogens with two attached hydrogens (primary N) is 1. The zero-order valence-corrected chi connectivity index (χ0v) is 12.5. The Hall–Kier alpha value is -1.47. The van der Waals surface area contributed by atoms with E-state index in [-0.39, 0.29) is 5.95 Å². The lowest BCUT2D eigenvalue weighted by Gasteiger charge is -2.31. The number of aromatic nitrogens is 3. The van der Waals surface area contributed by atoms with Crippen molar-refractivity contribution in [3.8, 4) is 0 Å². The fourth-order valence-corrected chi connectivity index (χ4v) is 2.56. The van der Waals surface area contributed by atoms with E-state index in [2.05, 4.69) is 19.9 Å². The lowest BCUT2D eigenvalue weighted by molar-refractivity contribution is 0.0861. The molecule has 1 fully saturated rings. The lowest BCUT2D eigenvalue weighted by atomic mass is 9.99. The average Bonchev–Trinajstić information content (AvgIpc) is 2.38. The van der Waals surface area contributed by atoms with Gasteiger partial charge in [-0.15, -0.1) is 0 Å². The molecule has 7 nitrogen and oxygen atoms in total. The van der Waals surface area contributed by atoms with Gasteiger partial charge in [0.25, 0.3) is 0 Å². The molecule has 112 valence electrons. The van der Waals surface area contributed by atoms with E-state index in [4.69, 9.17) is 10.5 Å². The first-order chi connectivity index (χ1) is 9.58. The van der Waals surface area contributed by atoms with Crippen molar-refractivity contribution in [2.75, 3.05) is 51.5 Å². The number of nitrogen functional groups attached to an aromatic ring is 1. The van der Waals surface area contributed by atoms with Gasteiger partial charge in [-0.2, -0.15) is 15.0 Å². The maximum atomic E-state index is 5.75. The average molecular weight is 280 g/mol. The van der Waals surface area contributed by atoms with Crippen molar-refractivity contribution >= 4 is 11.9 Å². The molecule has 1 aliphatic heterocycles. The summed E-state index contributed by atoms with van der Waals surface area (Å²) in [5, 5.41) is 0. The zero-order chi connectivity index (χ0) is 14.5. The van der Waals surface area contributed by atoms with Crippen LogP contribution in [0, 0.1) is 5.92 Å². The fourth-order valence-electron chi connectivity index (χ4n) is 2.56. The number of hydrogen-bond acceptors (Lipinski definition) is 7. The van der Waals surface area contributed by atoms with Crippen LogP contribution in [0.3, 0.4) is 0 Å². The molecule has 2 N–H and O–H groups in total. The standard InChI is InChI=1S/C13H24N6O/c1-18(2)13-16-11(15-12(14)17-13)8-19-6-4-5-10(7-19)9-20-3/h10H,4-9H2,1-3H3,(H2,14,15,16,17)/t10-/m1/s1. The molecule has 1 aliphatic rings. The molecule has 0 aliphatic carbocycles. The van der Waals surface area contributed by atoms with Gasteiger partial charge < -0.3 is 15.4 Å². The van der Waals surface area contributed by atoms with Crippen LogP contribution in [-0.2, 0) is 11.3 Å². The number of piperidine rings is 1. The molecule has 1 aromatic rings. The summed E-state index contributed by atoms with van der Waals surface area (Å²) in [6.07, 6.45) is 2.42. The molecule has 20 heavy (non-hydrogen) atoms. The van der Waals surface area contributed by atoms with Crippen molar-refractivity contribution in [1.82, 2.24) is 19.9 Å². The van der Waals surface area contributed by atoms with Gasteiger partial charge in [-0.05, 0) is 25.3 Å². The van der Waals surface area contributed by atoms with Crippen LogP contribution in [0.15, 0.2) is 0 Å². The second kappa shape index (κ2) is 6.81. The van der Waals surface area contributed by atoms with Crippen molar-refractivity contribution in [2.24, 2.45) is 5.92 Å². The second-order valence-corrected chi connectivity index (χ2v) is 5.50. The number of likely N-dealkylation sites (tertiary alicyclic amines) is 1. The third-order valence-electron chi connectivity index (χ3n) is 3.46. The predicted octanol–water partition coefficient (Wildman–Crippen LogP) is 0.378. The van der Waals surface area contributed by atoms with Crippen molar-refractivity contribution in [3.63, 3.8) is 0 Å². The highest BCUT2D eigenvalue weighted by Gasteiger charge is 2.21. The molecule has 0 bridgehead atoms. The first-order valence-corrected chi connectivity index (χ1v) is 6.97. The first-order valence-electron chi connectivity index (χ1n) is 6.97. The SMILES string of the molecule is COC[C@@H]1CCCN(Cc2nc(N)nc(N(C)C)n2)C1. The summed E-state index contributed by atoms with van der Waals surface area (Å²) >= 11 is 0. The monoisotopic (exact) mass is 280 g/mol. The van der Waals surface area contributed by atoms with Crippen molar-refractivity contribution in [2.45, 2.75) is 19.4 Å². The summed E-state index contributed by atoms with van der Waals surface area (Å²) in [4.78, 5) is 17.0. The van der Waals surface area contributed by atoms with Gasteiger partial charge in [0.05, 0.1) is 13.2 Å². The minimum absolute atomic E-state index is 0.282. The first kappa shape index (κ1) is 14.9. The quantitative estimate of drug-likeness (QED) is 0.835. The third-order valence-corrected chi connectivity index (χ3v) is 3.46. The summed E-state index contributed by atoms with van der Waals surface area (Å²) < 4.78 is 5.25. The van der Waals surface area contributed by atoms with Gasteiger partial charge in [0.1, 0.15) is 5.82 Å². The Morgan fingerprint density at radius 2 is 2.15 bits per heavy atom. The molecular weight excluding hydrogens is 256 g/mol. The van der Waals surface area contributed by atoms with E-state index in [1.807, 2.05) is 19.0 Å². The molecule has 2 rings (SSSR count). The number of methoxy groups -OCH3 is 1. The van der Waals surface area contributed by atoms with Crippen LogP contribution < -0.4 is 10.6 Å². The van der Waals surface area contributed by atoms with Crippen molar-refractivity contribution < 1.29 is 4.74 Å². The molecule has 1 atom stereocenters. The summed E-state index contributed by atoms with van der Waals surface area (Å²) in [6.45, 7) is 3.63. The van der Waals surface area contributed by atoms with Crippen LogP contribution in [0.4, 0.5) is 11.9 Å². The molecule has 0 saturated carbocycles. The third kappa shape index (κ3) is 4.01. The highest BCUT2D eigenvalue weighted by molar-refractivity contribution is 5.32. The van der Waals surface area contributed by atoms with Crippen molar-refractivity contribution in [3.05, 3.63) is 5.82 Å². The normalized spacial score (nSPS) is 20.1. The minimum Gasteiger partial charge on any atom is -0.384 e. The number of rotatable bonds is 5. The van der Waals surface area contributed by atoms with E-state index in [0.717, 1.165) is 25.5 Å². The second-order valence-electron chi connectivity index (χ2n) is 5.50. The number of anilines is 2. The lowest BCUT2D eigenvalue weighted by Crippen LogP contribution is -2.37. The van der Waals surface area contributed by atoms with E-state index in [1.54, 1.807) is 7.11 Å². The molecule has 7 heteroatoms. The summed E-state index contributed by atoms with van der Waals surface area (Å²) in [6, 6.07) is 0. The van der Waals surface area contributed by atoms with Gasteiger partial charge in [0.2, 0.25) is 11.9 Å². The van der Waals surface area contributed by atoms with E-state index >= 15 is 0 Å². The van der Waals surface area contributed by atoms with Crippen LogP contribution in [0.1, 0.15) is 18.7 Å². The largest absolute Gasteiger partial charge is 0.384 e. The molecular formula is C13H24N6O. The Morgan fingerprint density at radius 3 is 2.85 bits per heavy atom. The van der Waals surface area contributed by atoms with Crippen molar-refractivity contribution in [1.29, 1.82) is 0 Å². The smallest absolute Gasteiger partial charge is 0.229 e. The molecule has 1 saturated heterocycles. The molecule has 0 radical (unpaired) electrons. The summed E-state index contributed by atoms with van der Waals surface area (Å²) in [5.74, 6) is 2.22. The van der Waals surface area contributed by atoms with Gasteiger partial charge in [-0.25, -0.2) is 0 Å². The van der Waals surface area contributed by atoms with E-state index in [1.165, 1.54) is 12.8 Å². The van der Waals surface area contributed by atoms with E-state index in [9.17, 15) is 0 Å². The maximum Gasteiger partial charge on any atom is 0.229 e. The minimum atomic E-state index is 0.282. The number of nitrogens with zero attached hydrogens (tertiary/aromatic N) is 5. The van der Waals surface area contributed by atoms with E-state index in [0.29, 0.717) is 18.4 Å². The fraction of sp³-hybridized carbons (Fsp3) is 0.769. The van der Waals surface area contributed by atoms with Crippen LogP contribution in [0.25, 0.3) is 0 Å². The molecule has 0 aromatic carbocycles. The van der Waals surface area contributed by atoms with Crippen LogP contribution in [0.2, 0.25) is 0 Å². The van der Waals surface area contributed by atoms with Crippen LogP contribution in [-0.4, -0.2) is 60.8 Å². The predicted molar refractivity (Wildman–Crippen MR) is 78.4 cm³/mol. The molecule has 1 aromatic heterocycles. The molecule has 0 spiro atoms. The Labute approximate surface area is 120 Å². The Morgan fingerprint density at radius 1 is 1.35 bits per heavy atom. The summed E-state index contributed by atoms with van der Waals surface area (Å²) in [7, 11) is 5.55. The van der Waals surface area contributed by atoms with Crippen LogP contribution in [0.5, 0.6) is 0 Å². The van der Waals surface area contributed by atoms with Crippen LogP contribution >= 0.6 is 0 Å². The highest BCUT2D eigenvalue weighted by Crippen LogP contribution is 2.18. The Balaban J connectivity index is 2.02. The van der Waals surface area contributed by atoms with Gasteiger partial charge in [0.15, 0.2) is 0 Å². The Bertz CT molecular complexity index is 437. The zero-order valence-electron chi connectivity index (χ0n) is 12.5. The molecule has 2 heterocycles. The Kier molecular flexibility index (Phi) is 5.08. The van der Waals surface area contributed by atoms with Gasteiger partial charge in [0, 0.05) is 27.7 Å². The van der Waals surface area contributed by atoms with E-state index < -0.39 is 0 Å². The summed E-state index contributed by atoms with van der Waals surface area (Å²) in [5.41, 5.74) is 5.75. The number of ether oxygens (including phenoxy) is 1. The topological polar surface area (TPSA) is 80.4 Å².